The van der Waals surface area contributed by atoms with Gasteiger partial charge in [0, 0.05) is 19.5 Å². The van der Waals surface area contributed by atoms with E-state index in [9.17, 15) is 4.79 Å². The van der Waals surface area contributed by atoms with Crippen LogP contribution >= 0.6 is 0 Å². The summed E-state index contributed by atoms with van der Waals surface area (Å²) in [6.45, 7) is 2.07. The van der Waals surface area contributed by atoms with Gasteiger partial charge in [-0.15, -0.1) is 0 Å². The second kappa shape index (κ2) is 7.17. The van der Waals surface area contributed by atoms with Crippen molar-refractivity contribution in [3.05, 3.63) is 59.7 Å². The maximum atomic E-state index is 11.7. The molecule has 134 valence electrons. The van der Waals surface area contributed by atoms with E-state index in [1.54, 1.807) is 18.2 Å². The van der Waals surface area contributed by atoms with Gasteiger partial charge in [0.05, 0.1) is 25.4 Å². The Kier molecular flexibility index (Phi) is 4.58. The lowest BCUT2D eigenvalue weighted by molar-refractivity contribution is 0.0394. The topological polar surface area (TPSA) is 64.8 Å². The maximum Gasteiger partial charge on any atom is 0.337 e. The first-order chi connectivity index (χ1) is 12.7. The first-order valence-corrected chi connectivity index (χ1v) is 8.62. The van der Waals surface area contributed by atoms with Gasteiger partial charge in [-0.1, -0.05) is 30.3 Å². The summed E-state index contributed by atoms with van der Waals surface area (Å²) in [7, 11) is 1.36. The molecule has 1 aromatic heterocycles. The smallest absolute Gasteiger partial charge is 0.337 e. The zero-order valence-electron chi connectivity index (χ0n) is 14.6. The molecular weight excluding hydrogens is 332 g/mol. The number of morpholine rings is 1. The van der Waals surface area contributed by atoms with E-state index < -0.39 is 0 Å². The summed E-state index contributed by atoms with van der Waals surface area (Å²) in [6.07, 6.45) is 0.941. The van der Waals surface area contributed by atoms with Gasteiger partial charge in [-0.3, -0.25) is 0 Å². The number of hydrogen-bond donors (Lipinski definition) is 0. The lowest BCUT2D eigenvalue weighted by atomic mass is 10.1. The van der Waals surface area contributed by atoms with Crippen LogP contribution in [0.3, 0.4) is 0 Å². The SMILES string of the molecule is COC(=O)c1ccc2nc(N3CCOC(Cc4ccccc4)C3)oc2c1. The second-order valence-corrected chi connectivity index (χ2v) is 6.30. The summed E-state index contributed by atoms with van der Waals surface area (Å²) >= 11 is 0. The molecule has 1 fully saturated rings. The molecule has 4 rings (SSSR count). The van der Waals surface area contributed by atoms with Crippen LogP contribution in [0.1, 0.15) is 15.9 Å². The fourth-order valence-electron chi connectivity index (χ4n) is 3.19. The number of oxazole rings is 1. The normalized spacial score (nSPS) is 17.4. The van der Waals surface area contributed by atoms with Gasteiger partial charge in [0.2, 0.25) is 0 Å². The zero-order valence-corrected chi connectivity index (χ0v) is 14.6. The molecule has 26 heavy (non-hydrogen) atoms. The van der Waals surface area contributed by atoms with Crippen molar-refractivity contribution >= 4 is 23.1 Å². The molecule has 3 aromatic rings. The van der Waals surface area contributed by atoms with E-state index in [-0.39, 0.29) is 12.1 Å². The number of esters is 1. The highest BCUT2D eigenvalue weighted by atomic mass is 16.5. The molecule has 1 aliphatic heterocycles. The summed E-state index contributed by atoms with van der Waals surface area (Å²) in [5.41, 5.74) is 3.00. The zero-order chi connectivity index (χ0) is 17.9. The quantitative estimate of drug-likeness (QED) is 0.673. The summed E-state index contributed by atoms with van der Waals surface area (Å²) in [5.74, 6) is -0.390. The first-order valence-electron chi connectivity index (χ1n) is 8.62. The first kappa shape index (κ1) is 16.6. The van der Waals surface area contributed by atoms with Crippen molar-refractivity contribution in [1.82, 2.24) is 4.98 Å². The number of anilines is 1. The van der Waals surface area contributed by atoms with Crippen molar-refractivity contribution in [2.45, 2.75) is 12.5 Å². The van der Waals surface area contributed by atoms with Crippen LogP contribution in [0.4, 0.5) is 6.01 Å². The minimum absolute atomic E-state index is 0.0896. The van der Waals surface area contributed by atoms with Crippen molar-refractivity contribution in [2.75, 3.05) is 31.7 Å². The Bertz CT molecular complexity index is 907. The van der Waals surface area contributed by atoms with Crippen molar-refractivity contribution in [1.29, 1.82) is 0 Å². The number of carbonyl (C=O) groups is 1. The Hall–Kier alpha value is -2.86. The van der Waals surface area contributed by atoms with Gasteiger partial charge < -0.3 is 18.8 Å². The predicted octanol–water partition coefficient (Wildman–Crippen LogP) is 3.06. The highest BCUT2D eigenvalue weighted by molar-refractivity contribution is 5.93. The molecule has 2 heterocycles. The molecule has 1 aliphatic rings. The van der Waals surface area contributed by atoms with Crippen LogP contribution in [0.15, 0.2) is 52.9 Å². The Morgan fingerprint density at radius 3 is 2.92 bits per heavy atom. The standard InChI is InChI=1S/C20H20N2O4/c1-24-19(23)15-7-8-17-18(12-15)26-20(21-17)22-9-10-25-16(13-22)11-14-5-3-2-4-6-14/h2-8,12,16H,9-11,13H2,1H3. The molecule has 1 atom stereocenters. The van der Waals surface area contributed by atoms with Crippen LogP contribution in [0.5, 0.6) is 0 Å². The summed E-state index contributed by atoms with van der Waals surface area (Å²) in [6, 6.07) is 16.0. The highest BCUT2D eigenvalue weighted by Gasteiger charge is 2.24. The third-order valence-corrected chi connectivity index (χ3v) is 4.51. The summed E-state index contributed by atoms with van der Waals surface area (Å²) < 4.78 is 16.5. The number of carbonyl (C=O) groups excluding carboxylic acids is 1. The molecule has 6 heteroatoms. The molecule has 2 aromatic carbocycles. The minimum Gasteiger partial charge on any atom is -0.465 e. The Labute approximate surface area is 151 Å². The highest BCUT2D eigenvalue weighted by Crippen LogP contribution is 2.25. The molecular formula is C20H20N2O4. The number of hydrogen-bond acceptors (Lipinski definition) is 6. The van der Waals surface area contributed by atoms with Gasteiger partial charge in [0.1, 0.15) is 5.52 Å². The molecule has 0 N–H and O–H groups in total. The van der Waals surface area contributed by atoms with Crippen LogP contribution in [-0.4, -0.2) is 43.9 Å². The molecule has 0 aliphatic carbocycles. The number of ether oxygens (including phenoxy) is 2. The van der Waals surface area contributed by atoms with Crippen molar-refractivity contribution in [3.63, 3.8) is 0 Å². The van der Waals surface area contributed by atoms with Crippen LogP contribution in [0.2, 0.25) is 0 Å². The van der Waals surface area contributed by atoms with E-state index in [1.165, 1.54) is 12.7 Å². The molecule has 0 spiro atoms. The number of fused-ring (bicyclic) bond motifs is 1. The molecule has 0 bridgehead atoms. The fourth-order valence-corrected chi connectivity index (χ4v) is 3.19. The third-order valence-electron chi connectivity index (χ3n) is 4.51. The van der Waals surface area contributed by atoms with Gasteiger partial charge in [0.15, 0.2) is 5.58 Å². The molecule has 6 nitrogen and oxygen atoms in total. The van der Waals surface area contributed by atoms with Gasteiger partial charge in [-0.05, 0) is 23.8 Å². The van der Waals surface area contributed by atoms with E-state index in [4.69, 9.17) is 13.9 Å². The van der Waals surface area contributed by atoms with Crippen LogP contribution < -0.4 is 4.90 Å². The Morgan fingerprint density at radius 1 is 1.27 bits per heavy atom. The second-order valence-electron chi connectivity index (χ2n) is 6.30. The number of rotatable bonds is 4. The number of benzene rings is 2. The summed E-state index contributed by atoms with van der Waals surface area (Å²) in [5, 5.41) is 0. The van der Waals surface area contributed by atoms with E-state index in [0.717, 1.165) is 18.5 Å². The van der Waals surface area contributed by atoms with Crippen LogP contribution in [0, 0.1) is 0 Å². The van der Waals surface area contributed by atoms with E-state index in [1.807, 2.05) is 18.2 Å². The molecule has 1 saturated heterocycles. The fraction of sp³-hybridized carbons (Fsp3) is 0.300. The lowest BCUT2D eigenvalue weighted by Crippen LogP contribution is -2.43. The average Bonchev–Trinajstić information content (AvgIpc) is 3.12. The van der Waals surface area contributed by atoms with Gasteiger partial charge in [0.25, 0.3) is 6.01 Å². The van der Waals surface area contributed by atoms with Crippen LogP contribution in [0.25, 0.3) is 11.1 Å². The number of nitrogens with zero attached hydrogens (tertiary/aromatic N) is 2. The maximum absolute atomic E-state index is 11.7. The Morgan fingerprint density at radius 2 is 2.12 bits per heavy atom. The van der Waals surface area contributed by atoms with Gasteiger partial charge in [-0.25, -0.2) is 4.79 Å². The average molecular weight is 352 g/mol. The van der Waals surface area contributed by atoms with Crippen LogP contribution in [-0.2, 0) is 15.9 Å². The Balaban J connectivity index is 1.52. The summed E-state index contributed by atoms with van der Waals surface area (Å²) in [4.78, 5) is 18.3. The third kappa shape index (κ3) is 3.41. The number of methoxy groups -OCH3 is 1. The number of aromatic nitrogens is 1. The molecule has 0 radical (unpaired) electrons. The lowest BCUT2D eigenvalue weighted by Gasteiger charge is -2.31. The monoisotopic (exact) mass is 352 g/mol. The van der Waals surface area contributed by atoms with Crippen molar-refractivity contribution in [2.24, 2.45) is 0 Å². The largest absolute Gasteiger partial charge is 0.465 e. The van der Waals surface area contributed by atoms with Crippen molar-refractivity contribution < 1.29 is 18.7 Å². The predicted molar refractivity (Wildman–Crippen MR) is 97.4 cm³/mol. The molecule has 0 amide bonds. The molecule has 0 saturated carbocycles. The van der Waals surface area contributed by atoms with E-state index >= 15 is 0 Å². The van der Waals surface area contributed by atoms with Gasteiger partial charge in [-0.2, -0.15) is 4.98 Å². The van der Waals surface area contributed by atoms with Gasteiger partial charge >= 0.3 is 5.97 Å². The van der Waals surface area contributed by atoms with Crippen molar-refractivity contribution in [3.8, 4) is 0 Å². The molecule has 1 unspecified atom stereocenters. The van der Waals surface area contributed by atoms with E-state index in [0.29, 0.717) is 30.3 Å². The van der Waals surface area contributed by atoms with E-state index in [2.05, 4.69) is 22.0 Å². The minimum atomic E-state index is -0.390.